The summed E-state index contributed by atoms with van der Waals surface area (Å²) in [6, 6.07) is 8.90. The minimum Gasteiger partial charge on any atom is -0.379 e. The van der Waals surface area contributed by atoms with E-state index in [4.69, 9.17) is 4.74 Å². The van der Waals surface area contributed by atoms with E-state index in [2.05, 4.69) is 27.1 Å². The second-order valence-electron chi connectivity index (χ2n) is 8.94. The number of aryl methyl sites for hydroxylation is 1. The number of imidazole rings is 1. The largest absolute Gasteiger partial charge is 0.416 e. The van der Waals surface area contributed by atoms with Gasteiger partial charge < -0.3 is 10.1 Å². The molecule has 5 rings (SSSR count). The number of amides is 1. The van der Waals surface area contributed by atoms with Gasteiger partial charge in [0, 0.05) is 48.8 Å². The number of anilines is 1. The third-order valence-corrected chi connectivity index (χ3v) is 6.31. The standard InChI is InChI=1S/C28H24F3N5O2/c1-19-2-3-21(14-20(19)5-7-24-16-33-26-17-32-8-9-36(24)26)27(37)34-23-6-4-22(25(15-23)28(29,30)31)18-35-10-12-38-13-11-35/h2-4,6,8-9,14-17H,10-13,18H2,1H3,(H,34,37). The van der Waals surface area contributed by atoms with Crippen LogP contribution in [-0.4, -0.2) is 51.5 Å². The summed E-state index contributed by atoms with van der Waals surface area (Å²) in [5, 5.41) is 2.60. The van der Waals surface area contributed by atoms with Crippen molar-refractivity contribution in [3.63, 3.8) is 0 Å². The molecule has 1 aliphatic rings. The second-order valence-corrected chi connectivity index (χ2v) is 8.94. The highest BCUT2D eigenvalue weighted by Crippen LogP contribution is 2.34. The number of alkyl halides is 3. The molecule has 0 aliphatic carbocycles. The molecule has 0 unspecified atom stereocenters. The summed E-state index contributed by atoms with van der Waals surface area (Å²) in [4.78, 5) is 23.2. The minimum atomic E-state index is -4.55. The zero-order valence-electron chi connectivity index (χ0n) is 20.5. The van der Waals surface area contributed by atoms with Crippen molar-refractivity contribution in [1.29, 1.82) is 0 Å². The van der Waals surface area contributed by atoms with Gasteiger partial charge >= 0.3 is 6.18 Å². The Labute approximate surface area is 217 Å². The van der Waals surface area contributed by atoms with Crippen molar-refractivity contribution in [2.45, 2.75) is 19.6 Å². The van der Waals surface area contributed by atoms with E-state index in [-0.39, 0.29) is 23.4 Å². The average Bonchev–Trinajstić information content (AvgIpc) is 3.32. The fourth-order valence-corrected chi connectivity index (χ4v) is 4.22. The summed E-state index contributed by atoms with van der Waals surface area (Å²) in [7, 11) is 0. The topological polar surface area (TPSA) is 71.8 Å². The molecule has 38 heavy (non-hydrogen) atoms. The molecule has 1 aliphatic heterocycles. The van der Waals surface area contributed by atoms with Crippen LogP contribution >= 0.6 is 0 Å². The van der Waals surface area contributed by atoms with E-state index in [1.54, 1.807) is 47.4 Å². The Bertz CT molecular complexity index is 1550. The number of ether oxygens (including phenoxy) is 1. The number of halogens is 3. The lowest BCUT2D eigenvalue weighted by atomic mass is 10.0. The van der Waals surface area contributed by atoms with E-state index < -0.39 is 17.6 Å². The average molecular weight is 520 g/mol. The number of fused-ring (bicyclic) bond motifs is 1. The smallest absolute Gasteiger partial charge is 0.379 e. The van der Waals surface area contributed by atoms with Crippen LogP contribution in [0.1, 0.15) is 38.3 Å². The number of hydrogen-bond donors (Lipinski definition) is 1. The molecule has 2 aromatic carbocycles. The molecule has 1 fully saturated rings. The molecule has 0 bridgehead atoms. The Hall–Kier alpha value is -4.20. The molecule has 0 atom stereocenters. The van der Waals surface area contributed by atoms with Gasteiger partial charge in [-0.25, -0.2) is 4.98 Å². The third kappa shape index (κ3) is 5.69. The summed E-state index contributed by atoms with van der Waals surface area (Å²) in [6.45, 7) is 4.16. The Morgan fingerprint density at radius 3 is 2.71 bits per heavy atom. The Morgan fingerprint density at radius 1 is 1.11 bits per heavy atom. The predicted octanol–water partition coefficient (Wildman–Crippen LogP) is 4.54. The molecule has 0 spiro atoms. The number of carbonyl (C=O) groups is 1. The van der Waals surface area contributed by atoms with Crippen molar-refractivity contribution < 1.29 is 22.7 Å². The first-order valence-electron chi connectivity index (χ1n) is 12.0. The molecule has 3 heterocycles. The highest BCUT2D eigenvalue weighted by Gasteiger charge is 2.34. The lowest BCUT2D eigenvalue weighted by Gasteiger charge is -2.27. The zero-order valence-corrected chi connectivity index (χ0v) is 20.5. The van der Waals surface area contributed by atoms with Crippen LogP contribution in [0.15, 0.2) is 61.2 Å². The quantitative estimate of drug-likeness (QED) is 0.401. The van der Waals surface area contributed by atoms with Gasteiger partial charge in [-0.1, -0.05) is 18.1 Å². The van der Waals surface area contributed by atoms with E-state index in [1.165, 1.54) is 12.1 Å². The van der Waals surface area contributed by atoms with Crippen molar-refractivity contribution in [2.75, 3.05) is 31.6 Å². The van der Waals surface area contributed by atoms with Gasteiger partial charge in [-0.3, -0.25) is 19.1 Å². The number of morpholine rings is 1. The van der Waals surface area contributed by atoms with Gasteiger partial charge in [0.05, 0.1) is 31.2 Å². The van der Waals surface area contributed by atoms with Gasteiger partial charge in [0.25, 0.3) is 5.91 Å². The fraction of sp³-hybridized carbons (Fsp3) is 0.250. The van der Waals surface area contributed by atoms with Crippen LogP contribution in [0.3, 0.4) is 0 Å². The van der Waals surface area contributed by atoms with E-state index >= 15 is 0 Å². The maximum atomic E-state index is 13.9. The number of benzene rings is 2. The fourth-order valence-electron chi connectivity index (χ4n) is 4.22. The lowest BCUT2D eigenvalue weighted by Crippen LogP contribution is -2.36. The molecule has 1 amide bonds. The molecule has 0 radical (unpaired) electrons. The van der Waals surface area contributed by atoms with Crippen LogP contribution in [0, 0.1) is 18.8 Å². The summed E-state index contributed by atoms with van der Waals surface area (Å²) < 4.78 is 48.7. The van der Waals surface area contributed by atoms with Crippen LogP contribution in [0.2, 0.25) is 0 Å². The molecular weight excluding hydrogens is 495 g/mol. The van der Waals surface area contributed by atoms with Gasteiger partial charge in [-0.2, -0.15) is 13.2 Å². The van der Waals surface area contributed by atoms with Gasteiger partial charge in [-0.05, 0) is 48.2 Å². The third-order valence-electron chi connectivity index (χ3n) is 6.31. The number of nitrogens with zero attached hydrogens (tertiary/aromatic N) is 4. The van der Waals surface area contributed by atoms with Gasteiger partial charge in [0.2, 0.25) is 0 Å². The maximum absolute atomic E-state index is 13.9. The lowest BCUT2D eigenvalue weighted by molar-refractivity contribution is -0.138. The van der Waals surface area contributed by atoms with Crippen molar-refractivity contribution >= 4 is 17.2 Å². The Balaban J connectivity index is 1.36. The zero-order chi connectivity index (χ0) is 26.7. The normalized spacial score (nSPS) is 14.2. The number of nitrogens with one attached hydrogen (secondary N) is 1. The maximum Gasteiger partial charge on any atom is 0.416 e. The number of rotatable bonds is 4. The molecule has 2 aromatic heterocycles. The predicted molar refractivity (Wildman–Crippen MR) is 136 cm³/mol. The van der Waals surface area contributed by atoms with Crippen molar-refractivity contribution in [3.8, 4) is 11.8 Å². The van der Waals surface area contributed by atoms with Crippen LogP contribution < -0.4 is 5.32 Å². The molecule has 0 saturated carbocycles. The van der Waals surface area contributed by atoms with E-state index in [0.29, 0.717) is 43.2 Å². The first kappa shape index (κ1) is 25.4. The molecular formula is C28H24F3N5O2. The summed E-state index contributed by atoms with van der Waals surface area (Å²) in [5.74, 6) is 5.60. The second kappa shape index (κ2) is 10.7. The molecule has 10 heteroatoms. The van der Waals surface area contributed by atoms with E-state index in [1.807, 2.05) is 11.8 Å². The van der Waals surface area contributed by atoms with Crippen LogP contribution in [0.4, 0.5) is 18.9 Å². The monoisotopic (exact) mass is 519 g/mol. The molecule has 1 N–H and O–H groups in total. The van der Waals surface area contributed by atoms with Crippen LogP contribution in [0.5, 0.6) is 0 Å². The summed E-state index contributed by atoms with van der Waals surface area (Å²) in [5.41, 5.74) is 2.56. The number of aromatic nitrogens is 3. The summed E-state index contributed by atoms with van der Waals surface area (Å²) >= 11 is 0. The Morgan fingerprint density at radius 2 is 1.92 bits per heavy atom. The first-order valence-corrected chi connectivity index (χ1v) is 12.0. The van der Waals surface area contributed by atoms with Crippen molar-refractivity contribution in [2.24, 2.45) is 0 Å². The number of hydrogen-bond acceptors (Lipinski definition) is 5. The van der Waals surface area contributed by atoms with Gasteiger partial charge in [0.15, 0.2) is 5.65 Å². The SMILES string of the molecule is Cc1ccc(C(=O)Nc2ccc(CN3CCOCC3)c(C(F)(F)F)c2)cc1C#Cc1cnc2cnccn12. The van der Waals surface area contributed by atoms with Gasteiger partial charge in [-0.15, -0.1) is 0 Å². The molecule has 4 aromatic rings. The van der Waals surface area contributed by atoms with Crippen molar-refractivity contribution in [3.05, 3.63) is 94.7 Å². The molecule has 194 valence electrons. The minimum absolute atomic E-state index is 0.0700. The van der Waals surface area contributed by atoms with Gasteiger partial charge in [0.1, 0.15) is 5.69 Å². The first-order chi connectivity index (χ1) is 18.3. The summed E-state index contributed by atoms with van der Waals surface area (Å²) in [6.07, 6.45) is 2.10. The highest BCUT2D eigenvalue weighted by atomic mass is 19.4. The van der Waals surface area contributed by atoms with E-state index in [0.717, 1.165) is 11.6 Å². The van der Waals surface area contributed by atoms with Crippen LogP contribution in [-0.2, 0) is 17.5 Å². The Kier molecular flexibility index (Phi) is 7.13. The van der Waals surface area contributed by atoms with E-state index in [9.17, 15) is 18.0 Å². The van der Waals surface area contributed by atoms with Crippen molar-refractivity contribution in [1.82, 2.24) is 19.3 Å². The number of carbonyl (C=O) groups excluding carboxylic acids is 1. The molecule has 7 nitrogen and oxygen atoms in total. The van der Waals surface area contributed by atoms with Crippen LogP contribution in [0.25, 0.3) is 5.65 Å². The highest BCUT2D eigenvalue weighted by molar-refractivity contribution is 6.04. The molecule has 1 saturated heterocycles.